The second-order valence-corrected chi connectivity index (χ2v) is 4.01. The summed E-state index contributed by atoms with van der Waals surface area (Å²) in [6.45, 7) is 0.406. The minimum absolute atomic E-state index is 0.0705. The zero-order chi connectivity index (χ0) is 13.0. The van der Waals surface area contributed by atoms with E-state index in [2.05, 4.69) is 15.4 Å². The Labute approximate surface area is 105 Å². The molecule has 0 fully saturated rings. The third-order valence-electron chi connectivity index (χ3n) is 2.65. The lowest BCUT2D eigenvalue weighted by atomic mass is 10.1. The summed E-state index contributed by atoms with van der Waals surface area (Å²) in [7, 11) is 1.55. The topological polar surface area (TPSA) is 74.7 Å². The molecule has 1 aliphatic heterocycles. The van der Waals surface area contributed by atoms with E-state index < -0.39 is 0 Å². The molecule has 0 aromatic carbocycles. The lowest BCUT2D eigenvalue weighted by molar-refractivity contribution is -0.130. The summed E-state index contributed by atoms with van der Waals surface area (Å²) in [5, 5.41) is 7.92. The molecule has 6 nitrogen and oxygen atoms in total. The van der Waals surface area contributed by atoms with Crippen LogP contribution >= 0.6 is 0 Å². The summed E-state index contributed by atoms with van der Waals surface area (Å²) >= 11 is 0. The van der Waals surface area contributed by atoms with Gasteiger partial charge in [-0.25, -0.2) is 5.01 Å². The molecule has 1 aromatic rings. The number of hydrogen-bond donors (Lipinski definition) is 1. The van der Waals surface area contributed by atoms with Crippen molar-refractivity contribution in [3.63, 3.8) is 0 Å². The second-order valence-electron chi connectivity index (χ2n) is 4.01. The van der Waals surface area contributed by atoms with Crippen molar-refractivity contribution >= 4 is 17.5 Å². The van der Waals surface area contributed by atoms with Crippen LogP contribution in [-0.4, -0.2) is 34.6 Å². The fraction of sp³-hybridized carbons (Fsp3) is 0.333. The molecule has 2 rings (SSSR count). The van der Waals surface area contributed by atoms with E-state index in [-0.39, 0.29) is 11.8 Å². The van der Waals surface area contributed by atoms with Gasteiger partial charge in [0.1, 0.15) is 5.71 Å². The highest BCUT2D eigenvalue weighted by Gasteiger charge is 2.21. The van der Waals surface area contributed by atoms with Gasteiger partial charge in [-0.15, -0.1) is 0 Å². The van der Waals surface area contributed by atoms with Crippen molar-refractivity contribution in [3.05, 3.63) is 30.1 Å². The highest BCUT2D eigenvalue weighted by Crippen LogP contribution is 2.07. The molecule has 1 aromatic heterocycles. The van der Waals surface area contributed by atoms with Gasteiger partial charge >= 0.3 is 0 Å². The second kappa shape index (κ2) is 5.39. The number of hydrazone groups is 1. The maximum atomic E-state index is 11.8. The van der Waals surface area contributed by atoms with Crippen LogP contribution in [-0.2, 0) is 16.1 Å². The van der Waals surface area contributed by atoms with Crippen molar-refractivity contribution in [1.82, 2.24) is 15.3 Å². The quantitative estimate of drug-likeness (QED) is 0.833. The minimum atomic E-state index is -0.238. The van der Waals surface area contributed by atoms with Crippen LogP contribution in [0.3, 0.4) is 0 Å². The molecule has 0 radical (unpaired) electrons. The zero-order valence-electron chi connectivity index (χ0n) is 10.1. The Morgan fingerprint density at radius 2 is 2.33 bits per heavy atom. The molecule has 0 aliphatic carbocycles. The minimum Gasteiger partial charge on any atom is -0.347 e. The molecule has 2 amide bonds. The first kappa shape index (κ1) is 12.2. The van der Waals surface area contributed by atoms with E-state index in [1.807, 2.05) is 12.1 Å². The largest absolute Gasteiger partial charge is 0.347 e. The maximum Gasteiger partial charge on any atom is 0.267 e. The molecule has 94 valence electrons. The van der Waals surface area contributed by atoms with Gasteiger partial charge in [0.15, 0.2) is 0 Å². The van der Waals surface area contributed by atoms with E-state index in [1.54, 1.807) is 19.4 Å². The molecule has 2 heterocycles. The predicted molar refractivity (Wildman–Crippen MR) is 65.5 cm³/mol. The summed E-state index contributed by atoms with van der Waals surface area (Å²) in [4.78, 5) is 27.0. The third-order valence-corrected chi connectivity index (χ3v) is 2.65. The first-order chi connectivity index (χ1) is 8.66. The Morgan fingerprint density at radius 1 is 1.50 bits per heavy atom. The van der Waals surface area contributed by atoms with Gasteiger partial charge in [0, 0.05) is 38.8 Å². The van der Waals surface area contributed by atoms with E-state index in [0.29, 0.717) is 25.1 Å². The van der Waals surface area contributed by atoms with Crippen LogP contribution < -0.4 is 5.32 Å². The average molecular weight is 246 g/mol. The molecule has 18 heavy (non-hydrogen) atoms. The molecule has 1 N–H and O–H groups in total. The fourth-order valence-electron chi connectivity index (χ4n) is 1.62. The van der Waals surface area contributed by atoms with Gasteiger partial charge in [-0.05, 0) is 11.6 Å². The van der Waals surface area contributed by atoms with Crippen LogP contribution in [0.5, 0.6) is 0 Å². The van der Waals surface area contributed by atoms with E-state index >= 15 is 0 Å². The molecule has 0 unspecified atom stereocenters. The van der Waals surface area contributed by atoms with Crippen LogP contribution in [0.2, 0.25) is 0 Å². The summed E-state index contributed by atoms with van der Waals surface area (Å²) in [6.07, 6.45) is 4.09. The maximum absolute atomic E-state index is 11.8. The van der Waals surface area contributed by atoms with Crippen molar-refractivity contribution in [2.75, 3.05) is 7.05 Å². The molecule has 0 saturated carbocycles. The number of carbonyl (C=O) groups is 2. The van der Waals surface area contributed by atoms with Crippen molar-refractivity contribution in [2.45, 2.75) is 19.4 Å². The van der Waals surface area contributed by atoms with Crippen LogP contribution in [0, 0.1) is 0 Å². The third kappa shape index (κ3) is 2.91. The zero-order valence-corrected chi connectivity index (χ0v) is 10.1. The number of carbonyl (C=O) groups excluding carboxylic acids is 2. The van der Waals surface area contributed by atoms with E-state index in [0.717, 1.165) is 5.56 Å². The van der Waals surface area contributed by atoms with Crippen LogP contribution in [0.4, 0.5) is 0 Å². The van der Waals surface area contributed by atoms with Gasteiger partial charge in [-0.1, -0.05) is 6.07 Å². The number of nitrogens with one attached hydrogen (secondary N) is 1. The Balaban J connectivity index is 1.93. The lowest BCUT2D eigenvalue weighted by Gasteiger charge is -2.18. The molecule has 6 heteroatoms. The van der Waals surface area contributed by atoms with E-state index in [1.165, 1.54) is 5.01 Å². The summed E-state index contributed by atoms with van der Waals surface area (Å²) in [5.74, 6) is -0.308. The van der Waals surface area contributed by atoms with Gasteiger partial charge in [0.25, 0.3) is 5.91 Å². The first-order valence-corrected chi connectivity index (χ1v) is 5.68. The highest BCUT2D eigenvalue weighted by molar-refractivity contribution is 6.39. The molecule has 0 saturated heterocycles. The lowest BCUT2D eigenvalue weighted by Crippen LogP contribution is -2.37. The van der Waals surface area contributed by atoms with Crippen molar-refractivity contribution in [2.24, 2.45) is 5.10 Å². The Hall–Kier alpha value is -2.24. The number of pyridine rings is 1. The van der Waals surface area contributed by atoms with Crippen LogP contribution in [0.1, 0.15) is 18.4 Å². The Kier molecular flexibility index (Phi) is 3.66. The fourth-order valence-corrected chi connectivity index (χ4v) is 1.62. The standard InChI is InChI=1S/C12H14N4O2/c1-16-11(17)5-4-10(15-16)12(18)14-8-9-3-2-6-13-7-9/h2-3,6-7H,4-5,8H2,1H3,(H,14,18). The van der Waals surface area contributed by atoms with Crippen molar-refractivity contribution in [3.8, 4) is 0 Å². The van der Waals surface area contributed by atoms with Crippen molar-refractivity contribution in [1.29, 1.82) is 0 Å². The smallest absolute Gasteiger partial charge is 0.267 e. The van der Waals surface area contributed by atoms with Gasteiger partial charge < -0.3 is 5.32 Å². The predicted octanol–water partition coefficient (Wildman–Crippen LogP) is 0.306. The molecular formula is C12H14N4O2. The van der Waals surface area contributed by atoms with Gasteiger partial charge in [0.2, 0.25) is 5.91 Å². The van der Waals surface area contributed by atoms with Crippen molar-refractivity contribution < 1.29 is 9.59 Å². The number of nitrogens with zero attached hydrogens (tertiary/aromatic N) is 3. The molecule has 1 aliphatic rings. The average Bonchev–Trinajstić information content (AvgIpc) is 2.40. The molecular weight excluding hydrogens is 232 g/mol. The Morgan fingerprint density at radius 3 is 3.00 bits per heavy atom. The number of hydrogen-bond acceptors (Lipinski definition) is 4. The van der Waals surface area contributed by atoms with Gasteiger partial charge in [-0.3, -0.25) is 14.6 Å². The molecule has 0 bridgehead atoms. The van der Waals surface area contributed by atoms with E-state index in [4.69, 9.17) is 0 Å². The summed E-state index contributed by atoms with van der Waals surface area (Å²) in [6, 6.07) is 3.69. The molecule has 0 spiro atoms. The number of rotatable bonds is 3. The number of aromatic nitrogens is 1. The first-order valence-electron chi connectivity index (χ1n) is 5.68. The summed E-state index contributed by atoms with van der Waals surface area (Å²) < 4.78 is 0. The SMILES string of the molecule is CN1N=C(C(=O)NCc2cccnc2)CCC1=O. The highest BCUT2D eigenvalue weighted by atomic mass is 16.2. The van der Waals surface area contributed by atoms with Gasteiger partial charge in [0.05, 0.1) is 0 Å². The molecule has 0 atom stereocenters. The van der Waals surface area contributed by atoms with Crippen LogP contribution in [0.25, 0.3) is 0 Å². The Bertz CT molecular complexity index is 484. The summed E-state index contributed by atoms with van der Waals surface area (Å²) in [5.41, 5.74) is 1.31. The van der Waals surface area contributed by atoms with E-state index in [9.17, 15) is 9.59 Å². The van der Waals surface area contributed by atoms with Crippen LogP contribution in [0.15, 0.2) is 29.6 Å². The monoisotopic (exact) mass is 246 g/mol. The van der Waals surface area contributed by atoms with Gasteiger partial charge in [-0.2, -0.15) is 5.10 Å². The normalized spacial score (nSPS) is 15.3. The number of amides is 2.